The van der Waals surface area contributed by atoms with E-state index in [-0.39, 0.29) is 5.75 Å². The maximum Gasteiger partial charge on any atom is 0.456 e. The van der Waals surface area contributed by atoms with Crippen molar-refractivity contribution in [1.82, 2.24) is 0 Å². The number of alkyl halides is 5. The van der Waals surface area contributed by atoms with Crippen molar-refractivity contribution in [2.75, 3.05) is 6.61 Å². The Morgan fingerprint density at radius 2 is 1.29 bits per heavy atom. The van der Waals surface area contributed by atoms with E-state index in [0.717, 1.165) is 42.1 Å². The second-order valence-electron chi connectivity index (χ2n) is 9.64. The zero-order chi connectivity index (χ0) is 22.5. The number of halogens is 5. The van der Waals surface area contributed by atoms with Gasteiger partial charge in [0, 0.05) is 0 Å². The molecule has 31 heavy (non-hydrogen) atoms. The molecule has 2 aliphatic carbocycles. The largest absolute Gasteiger partial charge is 0.487 e. The van der Waals surface area contributed by atoms with Gasteiger partial charge < -0.3 is 4.74 Å². The second-order valence-corrected chi connectivity index (χ2v) is 9.64. The van der Waals surface area contributed by atoms with Gasteiger partial charge in [0.1, 0.15) is 5.75 Å². The van der Waals surface area contributed by atoms with Crippen molar-refractivity contribution in [2.45, 2.75) is 89.7 Å². The summed E-state index contributed by atoms with van der Waals surface area (Å²) < 4.78 is 67.2. The van der Waals surface area contributed by atoms with Gasteiger partial charge in [0.2, 0.25) is 0 Å². The van der Waals surface area contributed by atoms with E-state index in [1.807, 2.05) is 0 Å². The van der Waals surface area contributed by atoms with Crippen LogP contribution < -0.4 is 4.74 Å². The highest BCUT2D eigenvalue weighted by Gasteiger charge is 2.58. The molecule has 0 radical (unpaired) electrons. The van der Waals surface area contributed by atoms with Crippen LogP contribution in [0.15, 0.2) is 24.3 Å². The predicted octanol–water partition coefficient (Wildman–Crippen LogP) is 8.22. The van der Waals surface area contributed by atoms with Gasteiger partial charge in [-0.05, 0) is 79.9 Å². The summed E-state index contributed by atoms with van der Waals surface area (Å²) in [5.74, 6) is -1.30. The third-order valence-corrected chi connectivity index (χ3v) is 7.63. The number of hydrogen-bond donors (Lipinski definition) is 0. The molecule has 1 aromatic rings. The second kappa shape index (κ2) is 10.5. The van der Waals surface area contributed by atoms with E-state index >= 15 is 0 Å². The van der Waals surface area contributed by atoms with Crippen LogP contribution in [-0.2, 0) is 6.42 Å². The molecule has 1 aromatic carbocycles. The molecule has 3 rings (SSSR count). The van der Waals surface area contributed by atoms with Crippen LogP contribution in [0.1, 0.15) is 76.7 Å². The average Bonchev–Trinajstić information content (AvgIpc) is 2.77. The molecule has 0 amide bonds. The summed E-state index contributed by atoms with van der Waals surface area (Å²) in [4.78, 5) is 0. The van der Waals surface area contributed by atoms with Gasteiger partial charge in [-0.25, -0.2) is 0 Å². The van der Waals surface area contributed by atoms with Crippen LogP contribution in [0.3, 0.4) is 0 Å². The zero-order valence-corrected chi connectivity index (χ0v) is 18.4. The van der Waals surface area contributed by atoms with Crippen LogP contribution in [0.5, 0.6) is 5.75 Å². The first-order chi connectivity index (χ1) is 14.7. The van der Waals surface area contributed by atoms with E-state index in [1.54, 1.807) is 12.1 Å². The standard InChI is InChI=1S/C25H35F5O/c1-2-18-5-11-21(12-6-18)22-13-7-19(8-14-22)3-4-20-9-15-23(16-10-20)31-17-24(26,27)25(28,29)30/h9-10,15-16,18-19,21-22H,2-8,11-14,17H2,1H3. The number of aryl methyl sites for hydroxylation is 1. The number of hydrogen-bond acceptors (Lipinski definition) is 1. The van der Waals surface area contributed by atoms with E-state index in [2.05, 4.69) is 11.7 Å². The molecule has 0 aromatic heterocycles. The molecule has 0 bridgehead atoms. The van der Waals surface area contributed by atoms with Crippen molar-refractivity contribution < 1.29 is 26.7 Å². The quantitative estimate of drug-likeness (QED) is 0.366. The molecule has 2 aliphatic rings. The molecule has 1 nitrogen and oxygen atoms in total. The lowest BCUT2D eigenvalue weighted by Crippen LogP contribution is -2.41. The normalized spacial score (nSPS) is 27.8. The van der Waals surface area contributed by atoms with Crippen molar-refractivity contribution >= 4 is 0 Å². The number of benzene rings is 1. The SMILES string of the molecule is CCC1CCC(C2CCC(CCc3ccc(OCC(F)(F)C(F)(F)F)cc3)CC2)CC1. The minimum atomic E-state index is -5.60. The molecule has 2 fully saturated rings. The van der Waals surface area contributed by atoms with Crippen molar-refractivity contribution in [2.24, 2.45) is 23.7 Å². The highest BCUT2D eigenvalue weighted by Crippen LogP contribution is 2.42. The van der Waals surface area contributed by atoms with Gasteiger partial charge in [0.15, 0.2) is 6.61 Å². The van der Waals surface area contributed by atoms with E-state index in [0.29, 0.717) is 0 Å². The van der Waals surface area contributed by atoms with Crippen LogP contribution in [0.4, 0.5) is 22.0 Å². The Morgan fingerprint density at radius 1 is 0.774 bits per heavy atom. The first kappa shape index (κ1) is 24.3. The van der Waals surface area contributed by atoms with Gasteiger partial charge in [0.05, 0.1) is 0 Å². The first-order valence-corrected chi connectivity index (χ1v) is 11.8. The number of ether oxygens (including phenoxy) is 1. The Hall–Kier alpha value is -1.33. The number of rotatable bonds is 8. The summed E-state index contributed by atoms with van der Waals surface area (Å²) >= 11 is 0. The van der Waals surface area contributed by atoms with E-state index in [4.69, 9.17) is 0 Å². The molecule has 0 heterocycles. The third-order valence-electron chi connectivity index (χ3n) is 7.63. The predicted molar refractivity (Wildman–Crippen MR) is 112 cm³/mol. The lowest BCUT2D eigenvalue weighted by Gasteiger charge is -2.37. The van der Waals surface area contributed by atoms with Crippen LogP contribution in [-0.4, -0.2) is 18.7 Å². The fourth-order valence-corrected chi connectivity index (χ4v) is 5.40. The van der Waals surface area contributed by atoms with Gasteiger partial charge in [-0.1, -0.05) is 51.2 Å². The Balaban J connectivity index is 1.36. The van der Waals surface area contributed by atoms with Crippen LogP contribution in [0.2, 0.25) is 0 Å². The molecule has 2 saturated carbocycles. The first-order valence-electron chi connectivity index (χ1n) is 11.8. The van der Waals surface area contributed by atoms with Crippen molar-refractivity contribution in [3.05, 3.63) is 29.8 Å². The average molecular weight is 447 g/mol. The summed E-state index contributed by atoms with van der Waals surface area (Å²) in [7, 11) is 0. The van der Waals surface area contributed by atoms with Gasteiger partial charge in [-0.3, -0.25) is 0 Å². The highest BCUT2D eigenvalue weighted by atomic mass is 19.4. The molecule has 0 saturated heterocycles. The minimum absolute atomic E-state index is 0.0333. The van der Waals surface area contributed by atoms with Crippen molar-refractivity contribution in [3.8, 4) is 5.75 Å². The maximum absolute atomic E-state index is 13.0. The molecular weight excluding hydrogens is 411 g/mol. The van der Waals surface area contributed by atoms with Gasteiger partial charge in [0.25, 0.3) is 0 Å². The molecule has 0 spiro atoms. The molecule has 0 aliphatic heterocycles. The Morgan fingerprint density at radius 3 is 1.77 bits per heavy atom. The van der Waals surface area contributed by atoms with Crippen molar-refractivity contribution in [1.29, 1.82) is 0 Å². The third kappa shape index (κ3) is 6.82. The monoisotopic (exact) mass is 446 g/mol. The summed E-state index contributed by atoms with van der Waals surface area (Å²) in [6, 6.07) is 6.48. The van der Waals surface area contributed by atoms with Gasteiger partial charge in [-0.2, -0.15) is 22.0 Å². The minimum Gasteiger partial charge on any atom is -0.487 e. The maximum atomic E-state index is 13.0. The molecule has 0 atom stereocenters. The van der Waals surface area contributed by atoms with E-state index < -0.39 is 18.7 Å². The Kier molecular flexibility index (Phi) is 8.25. The highest BCUT2D eigenvalue weighted by molar-refractivity contribution is 5.27. The van der Waals surface area contributed by atoms with Gasteiger partial charge in [-0.15, -0.1) is 0 Å². The zero-order valence-electron chi connectivity index (χ0n) is 18.4. The summed E-state index contributed by atoms with van der Waals surface area (Å²) in [6.45, 7) is 0.613. The fourth-order valence-electron chi connectivity index (χ4n) is 5.40. The van der Waals surface area contributed by atoms with Crippen molar-refractivity contribution in [3.63, 3.8) is 0 Å². The van der Waals surface area contributed by atoms with Crippen LogP contribution in [0, 0.1) is 23.7 Å². The van der Waals surface area contributed by atoms with Gasteiger partial charge >= 0.3 is 12.1 Å². The molecular formula is C25H35F5O. The van der Waals surface area contributed by atoms with Crippen LogP contribution >= 0.6 is 0 Å². The summed E-state index contributed by atoms with van der Waals surface area (Å²) in [6.07, 6.45) is 8.62. The molecule has 176 valence electrons. The smallest absolute Gasteiger partial charge is 0.456 e. The lowest BCUT2D eigenvalue weighted by molar-refractivity contribution is -0.290. The molecule has 0 N–H and O–H groups in total. The topological polar surface area (TPSA) is 9.23 Å². The van der Waals surface area contributed by atoms with E-state index in [1.165, 1.54) is 69.9 Å². The molecule has 6 heteroatoms. The lowest BCUT2D eigenvalue weighted by atomic mass is 9.68. The van der Waals surface area contributed by atoms with Crippen LogP contribution in [0.25, 0.3) is 0 Å². The Labute approximate surface area is 182 Å². The fraction of sp³-hybridized carbons (Fsp3) is 0.760. The Bertz CT molecular complexity index is 653. The summed E-state index contributed by atoms with van der Waals surface area (Å²) in [5, 5.41) is 0. The summed E-state index contributed by atoms with van der Waals surface area (Å²) in [5.41, 5.74) is 1.06. The van der Waals surface area contributed by atoms with E-state index in [9.17, 15) is 22.0 Å². The molecule has 0 unspecified atom stereocenters.